The van der Waals surface area contributed by atoms with Crippen molar-refractivity contribution >= 4 is 12.1 Å². The minimum atomic E-state index is -1.45. The molecule has 3 aliphatic rings. The Kier molecular flexibility index (Phi) is 13.4. The molecule has 1 aliphatic carbocycles. The van der Waals surface area contributed by atoms with Crippen molar-refractivity contribution in [2.75, 3.05) is 26.2 Å². The van der Waals surface area contributed by atoms with Gasteiger partial charge in [0, 0.05) is 50.3 Å². The largest absolute Gasteiger partial charge is 0.457 e. The summed E-state index contributed by atoms with van der Waals surface area (Å²) in [6.45, 7) is 10.3. The van der Waals surface area contributed by atoms with Crippen LogP contribution in [0.4, 0.5) is 4.79 Å². The number of hydrogen-bond donors (Lipinski definition) is 2. The number of carbonyl (C=O) groups is 2. The number of esters is 1. The average Bonchev–Trinajstić information content (AvgIpc) is 3.34. The molecule has 1 saturated carbocycles. The highest BCUT2D eigenvalue weighted by Gasteiger charge is 2.37. The highest BCUT2D eigenvalue weighted by molar-refractivity contribution is 5.70. The summed E-state index contributed by atoms with van der Waals surface area (Å²) >= 11 is 0. The first kappa shape index (κ1) is 35.8. The van der Waals surface area contributed by atoms with Gasteiger partial charge in [-0.25, -0.2) is 14.8 Å². The Bertz CT molecular complexity index is 1200. The predicted molar refractivity (Wildman–Crippen MR) is 177 cm³/mol. The van der Waals surface area contributed by atoms with E-state index in [1.165, 1.54) is 44.9 Å². The number of allylic oxidation sites excluding steroid dienone is 3. The molecule has 0 spiro atoms. The summed E-state index contributed by atoms with van der Waals surface area (Å²) in [4.78, 5) is 38.7. The first-order valence-corrected chi connectivity index (χ1v) is 17.1. The van der Waals surface area contributed by atoms with Crippen molar-refractivity contribution in [1.82, 2.24) is 19.8 Å². The maximum atomic E-state index is 13.4. The molecule has 0 bridgehead atoms. The summed E-state index contributed by atoms with van der Waals surface area (Å²) in [5, 5.41) is 22.1. The van der Waals surface area contributed by atoms with Crippen molar-refractivity contribution < 1.29 is 29.3 Å². The van der Waals surface area contributed by atoms with Gasteiger partial charge in [-0.1, -0.05) is 63.8 Å². The summed E-state index contributed by atoms with van der Waals surface area (Å²) in [5.41, 5.74) is 0.266. The van der Waals surface area contributed by atoms with Crippen molar-refractivity contribution in [3.63, 3.8) is 0 Å². The standard InChI is InChI=1S/C36H54N4O6/c1-26(31-17-19-37-25-38-31)10-9-11-27(2)34-28(3)14-15-32(36(4,44)18-16-30(41)24-33(42)46-34)45-35(43)40-22-20-39(21-23-40)29-12-7-5-6-8-13-29/h9-11,14-15,17,19,25-26,28-30,32,34,41,44H,5-8,12-13,16,18,20-24H2,1-4H3/b10-9+,15-14+,27-11+/t26?,28-,30+,32-,34+,36+/m0/s1. The number of ether oxygens (including phenoxy) is 2. The second-order valence-corrected chi connectivity index (χ2v) is 13.6. The lowest BCUT2D eigenvalue weighted by Crippen LogP contribution is -2.53. The molecule has 1 aromatic heterocycles. The van der Waals surface area contributed by atoms with E-state index in [-0.39, 0.29) is 31.1 Å². The first-order valence-electron chi connectivity index (χ1n) is 17.1. The number of aliphatic hydroxyl groups is 2. The Balaban J connectivity index is 1.45. The van der Waals surface area contributed by atoms with Crippen molar-refractivity contribution in [3.8, 4) is 0 Å². The van der Waals surface area contributed by atoms with Gasteiger partial charge in [-0.3, -0.25) is 9.69 Å². The Morgan fingerprint density at radius 2 is 1.85 bits per heavy atom. The molecular weight excluding hydrogens is 584 g/mol. The van der Waals surface area contributed by atoms with Crippen LogP contribution in [0.5, 0.6) is 0 Å². The zero-order valence-corrected chi connectivity index (χ0v) is 28.1. The van der Waals surface area contributed by atoms with E-state index in [0.29, 0.717) is 19.1 Å². The van der Waals surface area contributed by atoms with E-state index in [2.05, 4.69) is 14.9 Å². The molecule has 2 aliphatic heterocycles. The number of amides is 1. The fraction of sp³-hybridized carbons (Fsp3) is 0.667. The number of cyclic esters (lactones) is 1. The number of aromatic nitrogens is 2. The maximum Gasteiger partial charge on any atom is 0.410 e. The Morgan fingerprint density at radius 1 is 1.13 bits per heavy atom. The fourth-order valence-electron chi connectivity index (χ4n) is 6.66. The van der Waals surface area contributed by atoms with Gasteiger partial charge in [0.05, 0.1) is 18.2 Å². The minimum Gasteiger partial charge on any atom is -0.457 e. The molecule has 0 radical (unpaired) electrons. The lowest BCUT2D eigenvalue weighted by molar-refractivity contribution is -0.151. The SMILES string of the molecule is C/C(=C\C=C\C(C)c1ccncn1)[C@H]1OC(=O)C[C@H](O)CC[C@@](C)(O)[C@@H](OC(=O)N2CCN(C3CCCCCC3)CC2)/C=C/[C@@H]1C. The third-order valence-electron chi connectivity index (χ3n) is 9.74. The smallest absolute Gasteiger partial charge is 0.410 e. The van der Waals surface area contributed by atoms with Crippen LogP contribution in [0.3, 0.4) is 0 Å². The van der Waals surface area contributed by atoms with Crippen molar-refractivity contribution in [1.29, 1.82) is 0 Å². The molecule has 2 fully saturated rings. The fourth-order valence-corrected chi connectivity index (χ4v) is 6.66. The Hall–Kier alpha value is -3.08. The van der Waals surface area contributed by atoms with Gasteiger partial charge in [0.15, 0.2) is 6.10 Å². The monoisotopic (exact) mass is 638 g/mol. The van der Waals surface area contributed by atoms with Crippen LogP contribution in [0.15, 0.2) is 54.5 Å². The number of hydrogen-bond acceptors (Lipinski definition) is 9. The van der Waals surface area contributed by atoms with Crippen LogP contribution in [0.1, 0.15) is 97.1 Å². The van der Waals surface area contributed by atoms with Gasteiger partial charge < -0.3 is 24.6 Å². The number of carbonyl (C=O) groups excluding carboxylic acids is 2. The maximum absolute atomic E-state index is 13.4. The van der Waals surface area contributed by atoms with Gasteiger partial charge in [0.1, 0.15) is 18.0 Å². The van der Waals surface area contributed by atoms with Crippen LogP contribution in [0.25, 0.3) is 0 Å². The third kappa shape index (κ3) is 10.5. The van der Waals surface area contributed by atoms with Crippen molar-refractivity contribution in [2.24, 2.45) is 5.92 Å². The summed E-state index contributed by atoms with van der Waals surface area (Å²) in [5.74, 6) is -0.740. The van der Waals surface area contributed by atoms with E-state index in [9.17, 15) is 19.8 Å². The highest BCUT2D eigenvalue weighted by atomic mass is 16.6. The summed E-state index contributed by atoms with van der Waals surface area (Å²) < 4.78 is 11.9. The van der Waals surface area contributed by atoms with Crippen molar-refractivity contribution in [3.05, 3.63) is 60.2 Å². The predicted octanol–water partition coefficient (Wildman–Crippen LogP) is 5.33. The Labute approximate surface area is 274 Å². The number of rotatable bonds is 6. The lowest BCUT2D eigenvalue weighted by atomic mass is 9.88. The molecule has 6 atom stereocenters. The van der Waals surface area contributed by atoms with Gasteiger partial charge in [-0.05, 0) is 57.2 Å². The summed E-state index contributed by atoms with van der Waals surface area (Å²) in [6, 6.07) is 2.47. The molecule has 10 heteroatoms. The van der Waals surface area contributed by atoms with Crippen LogP contribution >= 0.6 is 0 Å². The van der Waals surface area contributed by atoms with E-state index in [0.717, 1.165) is 24.4 Å². The molecule has 1 unspecified atom stereocenters. The lowest BCUT2D eigenvalue weighted by Gasteiger charge is -2.40. The van der Waals surface area contributed by atoms with Gasteiger partial charge in [-0.2, -0.15) is 0 Å². The minimum absolute atomic E-state index is 0.0656. The molecule has 0 aromatic carbocycles. The van der Waals surface area contributed by atoms with E-state index in [1.807, 2.05) is 51.1 Å². The summed E-state index contributed by atoms with van der Waals surface area (Å²) in [6.07, 6.45) is 17.4. The third-order valence-corrected chi connectivity index (χ3v) is 9.74. The Morgan fingerprint density at radius 3 is 2.52 bits per heavy atom. The highest BCUT2D eigenvalue weighted by Crippen LogP contribution is 2.28. The second-order valence-electron chi connectivity index (χ2n) is 13.6. The molecule has 3 heterocycles. The normalized spacial score (nSPS) is 31.3. The number of piperazine rings is 1. The molecule has 10 nitrogen and oxygen atoms in total. The van der Waals surface area contributed by atoms with Gasteiger partial charge in [0.2, 0.25) is 0 Å². The molecule has 46 heavy (non-hydrogen) atoms. The zero-order valence-electron chi connectivity index (χ0n) is 28.1. The number of aliphatic hydroxyl groups excluding tert-OH is 1. The van der Waals surface area contributed by atoms with Crippen LogP contribution in [0.2, 0.25) is 0 Å². The number of nitrogens with zero attached hydrogens (tertiary/aromatic N) is 4. The first-order chi connectivity index (χ1) is 22.0. The molecule has 254 valence electrons. The van der Waals surface area contributed by atoms with E-state index in [4.69, 9.17) is 9.47 Å². The molecule has 4 rings (SSSR count). The van der Waals surface area contributed by atoms with Crippen LogP contribution in [-0.4, -0.2) is 98.2 Å². The summed E-state index contributed by atoms with van der Waals surface area (Å²) in [7, 11) is 0. The molecule has 1 amide bonds. The molecular formula is C36H54N4O6. The van der Waals surface area contributed by atoms with Crippen LogP contribution in [0, 0.1) is 5.92 Å². The molecule has 2 N–H and O–H groups in total. The second kappa shape index (κ2) is 17.2. The van der Waals surface area contributed by atoms with Gasteiger partial charge in [0.25, 0.3) is 0 Å². The van der Waals surface area contributed by atoms with E-state index < -0.39 is 36.0 Å². The van der Waals surface area contributed by atoms with E-state index in [1.54, 1.807) is 24.1 Å². The quantitative estimate of drug-likeness (QED) is 0.184. The zero-order chi connectivity index (χ0) is 33.1. The van der Waals surface area contributed by atoms with Crippen LogP contribution < -0.4 is 0 Å². The van der Waals surface area contributed by atoms with E-state index >= 15 is 0 Å². The molecule has 1 saturated heterocycles. The molecule has 1 aromatic rings. The topological polar surface area (TPSA) is 125 Å². The average molecular weight is 639 g/mol. The van der Waals surface area contributed by atoms with Gasteiger partial charge >= 0.3 is 12.1 Å². The van der Waals surface area contributed by atoms with Crippen molar-refractivity contribution in [2.45, 2.75) is 121 Å². The van der Waals surface area contributed by atoms with Gasteiger partial charge in [-0.15, -0.1) is 0 Å². The van der Waals surface area contributed by atoms with Crippen LogP contribution in [-0.2, 0) is 14.3 Å².